The first kappa shape index (κ1) is 11.1. The van der Waals surface area contributed by atoms with E-state index >= 15 is 0 Å². The first-order valence-corrected chi connectivity index (χ1v) is 4.36. The van der Waals surface area contributed by atoms with Gasteiger partial charge in [-0.05, 0) is 18.2 Å². The Bertz CT molecular complexity index is 430. The van der Waals surface area contributed by atoms with E-state index < -0.39 is 5.91 Å². The Hall–Kier alpha value is -1.99. The van der Waals surface area contributed by atoms with Gasteiger partial charge in [-0.3, -0.25) is 4.79 Å². The molecule has 1 aromatic rings. The number of benzene rings is 1. The minimum absolute atomic E-state index is 0.254. The highest BCUT2D eigenvalue weighted by Gasteiger charge is 2.05. The molecule has 0 unspecified atom stereocenters. The van der Waals surface area contributed by atoms with Crippen LogP contribution in [0.2, 0.25) is 0 Å². The fourth-order valence-electron chi connectivity index (χ4n) is 1.11. The third-order valence-corrected chi connectivity index (χ3v) is 1.81. The molecule has 0 aliphatic carbocycles. The van der Waals surface area contributed by atoms with Crippen molar-refractivity contribution in [1.29, 1.82) is 0 Å². The highest BCUT2D eigenvalue weighted by atomic mass is 16.5. The molecule has 0 bridgehead atoms. The summed E-state index contributed by atoms with van der Waals surface area (Å²) in [4.78, 5) is 10.9. The Balaban J connectivity index is 3.19. The number of amides is 1. The van der Waals surface area contributed by atoms with Gasteiger partial charge in [0.05, 0.1) is 19.2 Å². The van der Waals surface area contributed by atoms with Crippen LogP contribution in [0, 0.1) is 11.8 Å². The van der Waals surface area contributed by atoms with Crippen molar-refractivity contribution in [1.82, 2.24) is 0 Å². The van der Waals surface area contributed by atoms with Crippen molar-refractivity contribution in [3.8, 4) is 17.6 Å². The van der Waals surface area contributed by atoms with Crippen LogP contribution in [-0.4, -0.2) is 19.6 Å². The number of methoxy groups -OCH3 is 1. The predicted molar refractivity (Wildman–Crippen MR) is 57.4 cm³/mol. The van der Waals surface area contributed by atoms with Gasteiger partial charge in [0.15, 0.2) is 0 Å². The van der Waals surface area contributed by atoms with E-state index in [0.29, 0.717) is 16.9 Å². The molecule has 1 aromatic carbocycles. The maximum atomic E-state index is 10.9. The quantitative estimate of drug-likeness (QED) is 0.671. The lowest BCUT2D eigenvalue weighted by atomic mass is 10.1. The number of rotatable bonds is 2. The van der Waals surface area contributed by atoms with Crippen molar-refractivity contribution in [3.05, 3.63) is 29.3 Å². The second-order valence-corrected chi connectivity index (χ2v) is 2.79. The number of hydrogen-bond acceptors (Lipinski definition) is 3. The van der Waals surface area contributed by atoms with E-state index in [0.717, 1.165) is 0 Å². The van der Waals surface area contributed by atoms with Gasteiger partial charge in [0.2, 0.25) is 5.91 Å². The van der Waals surface area contributed by atoms with Crippen LogP contribution >= 0.6 is 0 Å². The first-order chi connectivity index (χ1) is 7.19. The number of carbonyl (C=O) groups excluding carboxylic acids is 1. The molecule has 0 saturated carbocycles. The molecule has 4 heteroatoms. The maximum Gasteiger partial charge on any atom is 0.248 e. The minimum Gasteiger partial charge on any atom is -0.495 e. The van der Waals surface area contributed by atoms with Crippen molar-refractivity contribution in [2.45, 2.75) is 0 Å². The molecule has 0 aromatic heterocycles. The molecule has 0 radical (unpaired) electrons. The predicted octanol–water partition coefficient (Wildman–Crippen LogP) is 0.104. The van der Waals surface area contributed by atoms with Crippen LogP contribution in [-0.2, 0) is 0 Å². The average Bonchev–Trinajstić information content (AvgIpc) is 2.25. The largest absolute Gasteiger partial charge is 0.495 e. The number of nitrogens with two attached hydrogens (primary N) is 2. The molecule has 78 valence electrons. The summed E-state index contributed by atoms with van der Waals surface area (Å²) in [5, 5.41) is 0. The van der Waals surface area contributed by atoms with Crippen molar-refractivity contribution in [2.24, 2.45) is 11.5 Å². The van der Waals surface area contributed by atoms with E-state index in [1.807, 2.05) is 0 Å². The Morgan fingerprint density at radius 1 is 1.53 bits per heavy atom. The van der Waals surface area contributed by atoms with Gasteiger partial charge in [0.25, 0.3) is 0 Å². The van der Waals surface area contributed by atoms with Crippen LogP contribution < -0.4 is 16.2 Å². The Kier molecular flexibility index (Phi) is 3.72. The lowest BCUT2D eigenvalue weighted by Gasteiger charge is -2.04. The van der Waals surface area contributed by atoms with E-state index in [9.17, 15) is 4.79 Å². The maximum absolute atomic E-state index is 10.9. The summed E-state index contributed by atoms with van der Waals surface area (Å²) in [7, 11) is 1.53. The fourth-order valence-corrected chi connectivity index (χ4v) is 1.11. The van der Waals surface area contributed by atoms with Crippen LogP contribution in [0.5, 0.6) is 5.75 Å². The molecule has 0 heterocycles. The molecule has 0 aliphatic rings. The van der Waals surface area contributed by atoms with Crippen molar-refractivity contribution in [2.75, 3.05) is 13.7 Å². The summed E-state index contributed by atoms with van der Waals surface area (Å²) in [5.74, 6) is 5.61. The van der Waals surface area contributed by atoms with Crippen LogP contribution in [0.15, 0.2) is 18.2 Å². The molecular weight excluding hydrogens is 192 g/mol. The molecule has 1 amide bonds. The smallest absolute Gasteiger partial charge is 0.248 e. The zero-order chi connectivity index (χ0) is 11.3. The molecule has 1 rings (SSSR count). The van der Waals surface area contributed by atoms with Crippen LogP contribution in [0.25, 0.3) is 0 Å². The number of ether oxygens (including phenoxy) is 1. The van der Waals surface area contributed by atoms with Crippen molar-refractivity contribution >= 4 is 5.91 Å². The zero-order valence-corrected chi connectivity index (χ0v) is 8.41. The summed E-state index contributed by atoms with van der Waals surface area (Å²) in [6.07, 6.45) is 0. The third kappa shape index (κ3) is 2.73. The number of primary amides is 1. The van der Waals surface area contributed by atoms with Crippen molar-refractivity contribution < 1.29 is 9.53 Å². The standard InChI is InChI=1S/C11H12N2O2/c1-15-10-5-4-9(11(13)14)7-8(10)3-2-6-12/h4-5,7H,6,12H2,1H3,(H2,13,14). The van der Waals surface area contributed by atoms with Gasteiger partial charge in [-0.15, -0.1) is 0 Å². The van der Waals surface area contributed by atoms with Gasteiger partial charge in [0, 0.05) is 5.56 Å². The van der Waals surface area contributed by atoms with Gasteiger partial charge in [-0.1, -0.05) is 11.8 Å². The fraction of sp³-hybridized carbons (Fsp3) is 0.182. The van der Waals surface area contributed by atoms with Crippen LogP contribution in [0.1, 0.15) is 15.9 Å². The molecule has 4 nitrogen and oxygen atoms in total. The molecule has 0 saturated heterocycles. The number of carbonyl (C=O) groups is 1. The lowest BCUT2D eigenvalue weighted by Crippen LogP contribution is -2.11. The van der Waals surface area contributed by atoms with Crippen LogP contribution in [0.3, 0.4) is 0 Å². The van der Waals surface area contributed by atoms with Gasteiger partial charge >= 0.3 is 0 Å². The minimum atomic E-state index is -0.492. The Labute approximate surface area is 88.2 Å². The molecule has 15 heavy (non-hydrogen) atoms. The second kappa shape index (κ2) is 5.03. The third-order valence-electron chi connectivity index (χ3n) is 1.81. The van der Waals surface area contributed by atoms with Crippen LogP contribution in [0.4, 0.5) is 0 Å². The SMILES string of the molecule is COc1ccc(C(N)=O)cc1C#CCN. The normalized spacial score (nSPS) is 8.93. The molecular formula is C11H12N2O2. The van der Waals surface area contributed by atoms with E-state index in [-0.39, 0.29) is 6.54 Å². The topological polar surface area (TPSA) is 78.3 Å². The summed E-state index contributed by atoms with van der Waals surface area (Å²) in [6, 6.07) is 4.83. The molecule has 0 spiro atoms. The van der Waals surface area contributed by atoms with Gasteiger partial charge in [0.1, 0.15) is 5.75 Å². The molecule has 4 N–H and O–H groups in total. The van der Waals surface area contributed by atoms with E-state index in [2.05, 4.69) is 11.8 Å². The van der Waals surface area contributed by atoms with Gasteiger partial charge in [-0.25, -0.2) is 0 Å². The monoisotopic (exact) mass is 204 g/mol. The van der Waals surface area contributed by atoms with Gasteiger partial charge in [-0.2, -0.15) is 0 Å². The summed E-state index contributed by atoms with van der Waals surface area (Å²) < 4.78 is 5.08. The van der Waals surface area contributed by atoms with Crippen molar-refractivity contribution in [3.63, 3.8) is 0 Å². The first-order valence-electron chi connectivity index (χ1n) is 4.36. The van der Waals surface area contributed by atoms with E-state index in [4.69, 9.17) is 16.2 Å². The zero-order valence-electron chi connectivity index (χ0n) is 8.41. The van der Waals surface area contributed by atoms with E-state index in [1.165, 1.54) is 7.11 Å². The molecule has 0 atom stereocenters. The summed E-state index contributed by atoms with van der Waals surface area (Å²) in [5.41, 5.74) is 11.4. The van der Waals surface area contributed by atoms with E-state index in [1.54, 1.807) is 18.2 Å². The Morgan fingerprint density at radius 3 is 2.80 bits per heavy atom. The average molecular weight is 204 g/mol. The summed E-state index contributed by atoms with van der Waals surface area (Å²) >= 11 is 0. The summed E-state index contributed by atoms with van der Waals surface area (Å²) in [6.45, 7) is 0.254. The molecule has 0 aliphatic heterocycles. The Morgan fingerprint density at radius 2 is 2.27 bits per heavy atom. The highest BCUT2D eigenvalue weighted by Crippen LogP contribution is 2.18. The molecule has 0 fully saturated rings. The lowest BCUT2D eigenvalue weighted by molar-refractivity contribution is 0.1000. The van der Waals surface area contributed by atoms with Gasteiger partial charge < -0.3 is 16.2 Å². The second-order valence-electron chi connectivity index (χ2n) is 2.79. The number of hydrogen-bond donors (Lipinski definition) is 2. The highest BCUT2D eigenvalue weighted by molar-refractivity contribution is 5.93.